The summed E-state index contributed by atoms with van der Waals surface area (Å²) >= 11 is 0. The molecule has 40 heavy (non-hydrogen) atoms. The molecule has 1 spiro atoms. The van der Waals surface area contributed by atoms with Crippen molar-refractivity contribution in [2.45, 2.75) is 84.2 Å². The lowest BCUT2D eigenvalue weighted by Crippen LogP contribution is -2.27. The molecular weight excluding hydrogens is 492 g/mol. The van der Waals surface area contributed by atoms with E-state index < -0.39 is 0 Å². The highest BCUT2D eigenvalue weighted by Gasteiger charge is 2.56. The monoisotopic (exact) mass is 532 g/mol. The lowest BCUT2D eigenvalue weighted by molar-refractivity contribution is 0.302. The van der Waals surface area contributed by atoms with Crippen LogP contribution in [0.4, 0.5) is 0 Å². The fourth-order valence-electron chi connectivity index (χ4n) is 7.36. The number of phenolic OH excluding ortho intramolecular Hbond substituents is 1. The van der Waals surface area contributed by atoms with Gasteiger partial charge in [-0.1, -0.05) is 76.2 Å². The van der Waals surface area contributed by atoms with E-state index in [1.54, 1.807) is 0 Å². The Kier molecular flexibility index (Phi) is 6.07. The lowest BCUT2D eigenvalue weighted by Gasteiger charge is -2.31. The van der Waals surface area contributed by atoms with E-state index in [2.05, 4.69) is 77.9 Å². The predicted octanol–water partition coefficient (Wildman–Crippen LogP) is 9.34. The lowest BCUT2D eigenvalue weighted by atomic mass is 9.72. The van der Waals surface area contributed by atoms with Crippen LogP contribution < -0.4 is 9.47 Å². The second-order valence-corrected chi connectivity index (χ2v) is 13.4. The average molecular weight is 533 g/mol. The first-order valence-electron chi connectivity index (χ1n) is 14.4. The smallest absolute Gasteiger partial charge is 0.131 e. The van der Waals surface area contributed by atoms with Crippen molar-refractivity contribution in [2.24, 2.45) is 0 Å². The topological polar surface area (TPSA) is 38.7 Å². The van der Waals surface area contributed by atoms with Gasteiger partial charge in [-0.2, -0.15) is 0 Å². The molecule has 0 radical (unpaired) electrons. The summed E-state index contributed by atoms with van der Waals surface area (Å²) in [5.41, 5.74) is 9.57. The van der Waals surface area contributed by atoms with Gasteiger partial charge in [-0.25, -0.2) is 0 Å². The zero-order valence-electron chi connectivity index (χ0n) is 24.8. The summed E-state index contributed by atoms with van der Waals surface area (Å²) in [6.07, 6.45) is 2.06. The van der Waals surface area contributed by atoms with Crippen LogP contribution in [0.5, 0.6) is 23.0 Å². The number of aromatic hydroxyl groups is 1. The molecule has 2 aliphatic carbocycles. The summed E-state index contributed by atoms with van der Waals surface area (Å²) < 4.78 is 12.8. The molecule has 0 aliphatic heterocycles. The van der Waals surface area contributed by atoms with Crippen molar-refractivity contribution in [3.05, 3.63) is 117 Å². The average Bonchev–Trinajstić information content (AvgIpc) is 3.24. The third-order valence-electron chi connectivity index (χ3n) is 9.25. The first kappa shape index (κ1) is 26.5. The van der Waals surface area contributed by atoms with E-state index in [1.807, 2.05) is 43.3 Å². The van der Waals surface area contributed by atoms with E-state index >= 15 is 0 Å². The van der Waals surface area contributed by atoms with Crippen LogP contribution in [0.3, 0.4) is 0 Å². The highest BCUT2D eigenvalue weighted by atomic mass is 16.5. The maximum atomic E-state index is 10.6. The van der Waals surface area contributed by atoms with Crippen molar-refractivity contribution in [3.8, 4) is 23.0 Å². The summed E-state index contributed by atoms with van der Waals surface area (Å²) in [5, 5.41) is 10.6. The second-order valence-electron chi connectivity index (χ2n) is 13.4. The van der Waals surface area contributed by atoms with Crippen molar-refractivity contribution in [3.63, 3.8) is 0 Å². The molecule has 0 saturated carbocycles. The van der Waals surface area contributed by atoms with Gasteiger partial charge in [0.15, 0.2) is 0 Å². The van der Waals surface area contributed by atoms with Crippen molar-refractivity contribution in [1.29, 1.82) is 0 Å². The molecule has 2 aliphatic rings. The minimum Gasteiger partial charge on any atom is -0.508 e. The van der Waals surface area contributed by atoms with Gasteiger partial charge in [0, 0.05) is 11.5 Å². The van der Waals surface area contributed by atoms with Gasteiger partial charge < -0.3 is 14.6 Å². The quantitative estimate of drug-likeness (QED) is 0.278. The standard InChI is InChI=1S/C37H40O3/c1-23-13-14-27(17-33(23)39-20-26-11-9-8-10-12-26)40-34-19-31-28(16-25(34)3)35(4,5)21-37(31)22-36(6,7)29-18-32(38)24(2)15-30(29)37/h8-19,38H,20-22H2,1-7H3. The Bertz CT molecular complexity index is 1610. The summed E-state index contributed by atoms with van der Waals surface area (Å²) in [6, 6.07) is 25.2. The minimum absolute atomic E-state index is 0.0322. The van der Waals surface area contributed by atoms with Crippen LogP contribution in [0.25, 0.3) is 0 Å². The Morgan fingerprint density at radius 3 is 1.98 bits per heavy atom. The van der Waals surface area contributed by atoms with Gasteiger partial charge in [-0.3, -0.25) is 0 Å². The Balaban J connectivity index is 1.39. The van der Waals surface area contributed by atoms with Crippen LogP contribution in [0.15, 0.2) is 72.8 Å². The molecule has 0 heterocycles. The maximum Gasteiger partial charge on any atom is 0.131 e. The molecular formula is C37H40O3. The maximum absolute atomic E-state index is 10.6. The summed E-state index contributed by atoms with van der Waals surface area (Å²) in [6.45, 7) is 16.1. The molecule has 3 nitrogen and oxygen atoms in total. The molecule has 1 unspecified atom stereocenters. The van der Waals surface area contributed by atoms with Gasteiger partial charge in [0.2, 0.25) is 0 Å². The molecule has 206 valence electrons. The van der Waals surface area contributed by atoms with Gasteiger partial charge in [0.05, 0.1) is 0 Å². The third-order valence-corrected chi connectivity index (χ3v) is 9.25. The van der Waals surface area contributed by atoms with Crippen LogP contribution >= 0.6 is 0 Å². The fourth-order valence-corrected chi connectivity index (χ4v) is 7.36. The summed E-state index contributed by atoms with van der Waals surface area (Å²) in [4.78, 5) is 0. The van der Waals surface area contributed by atoms with E-state index in [9.17, 15) is 5.11 Å². The SMILES string of the molecule is Cc1cc2c(cc1O)C(C)(C)CC21CC(C)(C)c2cc(C)c(Oc3ccc(C)c(OCc4ccccc4)c3)cc21. The molecule has 0 amide bonds. The predicted molar refractivity (Wildman–Crippen MR) is 162 cm³/mol. The molecule has 1 N–H and O–H groups in total. The Morgan fingerprint density at radius 2 is 1.27 bits per heavy atom. The van der Waals surface area contributed by atoms with Crippen LogP contribution in [0, 0.1) is 20.8 Å². The zero-order valence-corrected chi connectivity index (χ0v) is 24.8. The first-order valence-corrected chi connectivity index (χ1v) is 14.4. The van der Waals surface area contributed by atoms with Crippen molar-refractivity contribution in [2.75, 3.05) is 0 Å². The number of phenols is 1. The van der Waals surface area contributed by atoms with Crippen LogP contribution in [0.2, 0.25) is 0 Å². The van der Waals surface area contributed by atoms with Crippen LogP contribution in [-0.2, 0) is 22.9 Å². The van der Waals surface area contributed by atoms with Gasteiger partial charge in [-0.05, 0) is 107 Å². The normalized spacial score (nSPS) is 19.9. The van der Waals surface area contributed by atoms with E-state index in [0.717, 1.165) is 52.3 Å². The van der Waals surface area contributed by atoms with Gasteiger partial charge in [0.25, 0.3) is 0 Å². The summed E-state index contributed by atoms with van der Waals surface area (Å²) in [7, 11) is 0. The van der Waals surface area contributed by atoms with E-state index in [-0.39, 0.29) is 16.2 Å². The van der Waals surface area contributed by atoms with Crippen LogP contribution in [-0.4, -0.2) is 5.11 Å². The third kappa shape index (κ3) is 4.27. The van der Waals surface area contributed by atoms with E-state index in [4.69, 9.17) is 9.47 Å². The second kappa shape index (κ2) is 9.16. The zero-order chi connectivity index (χ0) is 28.4. The molecule has 6 rings (SSSR count). The number of ether oxygens (including phenoxy) is 2. The Labute approximate surface area is 238 Å². The molecule has 1 atom stereocenters. The molecule has 4 aromatic carbocycles. The van der Waals surface area contributed by atoms with Crippen molar-refractivity contribution in [1.82, 2.24) is 0 Å². The molecule has 4 aromatic rings. The van der Waals surface area contributed by atoms with Crippen molar-refractivity contribution < 1.29 is 14.6 Å². The molecule has 3 heteroatoms. The molecule has 0 saturated heterocycles. The highest BCUT2D eigenvalue weighted by Crippen LogP contribution is 2.64. The number of aryl methyl sites for hydroxylation is 3. The highest BCUT2D eigenvalue weighted by molar-refractivity contribution is 5.64. The first-order chi connectivity index (χ1) is 18.9. The number of hydrogen-bond donors (Lipinski definition) is 1. The fraction of sp³-hybridized carbons (Fsp3) is 0.351. The van der Waals surface area contributed by atoms with E-state index in [0.29, 0.717) is 12.4 Å². The van der Waals surface area contributed by atoms with Gasteiger partial charge in [-0.15, -0.1) is 0 Å². The number of fused-ring (bicyclic) bond motifs is 4. The Hall–Kier alpha value is -3.72. The number of rotatable bonds is 5. The molecule has 0 fully saturated rings. The Morgan fingerprint density at radius 1 is 0.650 bits per heavy atom. The van der Waals surface area contributed by atoms with Gasteiger partial charge >= 0.3 is 0 Å². The van der Waals surface area contributed by atoms with Crippen molar-refractivity contribution >= 4 is 0 Å². The minimum atomic E-state index is -0.112. The molecule has 0 bridgehead atoms. The molecule has 0 aromatic heterocycles. The number of benzene rings is 4. The summed E-state index contributed by atoms with van der Waals surface area (Å²) in [5.74, 6) is 2.88. The van der Waals surface area contributed by atoms with E-state index in [1.165, 1.54) is 22.3 Å². The largest absolute Gasteiger partial charge is 0.508 e. The van der Waals surface area contributed by atoms with Crippen LogP contribution in [0.1, 0.15) is 85.0 Å². The van der Waals surface area contributed by atoms with Gasteiger partial charge in [0.1, 0.15) is 29.6 Å². The number of hydrogen-bond acceptors (Lipinski definition) is 3.